The second-order valence-electron chi connectivity index (χ2n) is 3.97. The van der Waals surface area contributed by atoms with E-state index in [1.165, 1.54) is 16.7 Å². The zero-order valence-corrected chi connectivity index (χ0v) is 9.60. The Labute approximate surface area is 86.2 Å². The van der Waals surface area contributed by atoms with Crippen LogP contribution in [0.4, 0.5) is 5.69 Å². The molecule has 0 unspecified atom stereocenters. The highest BCUT2D eigenvalue weighted by molar-refractivity contribution is 5.65. The summed E-state index contributed by atoms with van der Waals surface area (Å²) in [5.41, 5.74) is 5.88. The highest BCUT2D eigenvalue weighted by Crippen LogP contribution is 2.24. The first kappa shape index (κ1) is 10.7. The third kappa shape index (κ3) is 2.58. The van der Waals surface area contributed by atoms with Gasteiger partial charge in [0.05, 0.1) is 5.69 Å². The summed E-state index contributed by atoms with van der Waals surface area (Å²) in [6.45, 7) is 10.3. The lowest BCUT2D eigenvalue weighted by atomic mass is 10.1. The molecule has 0 N–H and O–H groups in total. The molecule has 14 heavy (non-hydrogen) atoms. The quantitative estimate of drug-likeness (QED) is 0.592. The van der Waals surface area contributed by atoms with Crippen molar-refractivity contribution in [2.45, 2.75) is 34.6 Å². The zero-order valence-electron chi connectivity index (χ0n) is 9.60. The van der Waals surface area contributed by atoms with Crippen molar-refractivity contribution in [3.8, 4) is 0 Å². The molecule has 0 aliphatic carbocycles. The van der Waals surface area contributed by atoms with Crippen molar-refractivity contribution < 1.29 is 0 Å². The van der Waals surface area contributed by atoms with Crippen molar-refractivity contribution >= 4 is 11.6 Å². The summed E-state index contributed by atoms with van der Waals surface area (Å²) in [6.07, 6.45) is 0. The number of hydrogen-bond donors (Lipinski definition) is 0. The van der Waals surface area contributed by atoms with Crippen molar-refractivity contribution in [3.05, 3.63) is 34.4 Å². The topological polar surface area (TPSA) is 12.4 Å². The van der Waals surface area contributed by atoms with Crippen molar-refractivity contribution in [1.29, 1.82) is 0 Å². The van der Waals surface area contributed by atoms with Gasteiger partial charge in [-0.25, -0.2) is 4.99 Å². The molecule has 1 rings (SSSR count). The number of aryl methyl sites for hydroxylation is 3. The minimum absolute atomic E-state index is 1.05. The van der Waals surface area contributed by atoms with Gasteiger partial charge < -0.3 is 0 Å². The first-order chi connectivity index (χ1) is 6.50. The van der Waals surface area contributed by atoms with Crippen LogP contribution in [0, 0.1) is 20.8 Å². The van der Waals surface area contributed by atoms with E-state index < -0.39 is 0 Å². The Morgan fingerprint density at radius 2 is 1.57 bits per heavy atom. The molecule has 1 aromatic carbocycles. The average molecular weight is 187 g/mol. The largest absolute Gasteiger partial charge is 0.206 e. The molecule has 0 heterocycles. The fourth-order valence-corrected chi connectivity index (χ4v) is 1.52. The summed E-state index contributed by atoms with van der Waals surface area (Å²) in [6, 6.07) is 4.30. The van der Waals surface area contributed by atoms with Crippen LogP contribution in [0.2, 0.25) is 0 Å². The van der Waals surface area contributed by atoms with E-state index >= 15 is 0 Å². The number of allylic oxidation sites excluding steroid dienone is 1. The van der Waals surface area contributed by atoms with E-state index in [4.69, 9.17) is 0 Å². The Balaban J connectivity index is 3.29. The van der Waals surface area contributed by atoms with E-state index in [0.717, 1.165) is 11.3 Å². The van der Waals surface area contributed by atoms with Gasteiger partial charge in [0.1, 0.15) is 0 Å². The highest BCUT2D eigenvalue weighted by atomic mass is 14.7. The normalized spacial score (nSPS) is 9.50. The Hall–Kier alpha value is -1.33. The lowest BCUT2D eigenvalue weighted by Gasteiger charge is -2.04. The minimum atomic E-state index is 1.05. The molecule has 0 bridgehead atoms. The van der Waals surface area contributed by atoms with Gasteiger partial charge in [-0.3, -0.25) is 0 Å². The summed E-state index contributed by atoms with van der Waals surface area (Å²) >= 11 is 0. The van der Waals surface area contributed by atoms with Gasteiger partial charge in [0.25, 0.3) is 0 Å². The van der Waals surface area contributed by atoms with Crippen LogP contribution >= 0.6 is 0 Å². The smallest absolute Gasteiger partial charge is 0.0788 e. The molecule has 0 saturated carbocycles. The van der Waals surface area contributed by atoms with Crippen molar-refractivity contribution in [3.63, 3.8) is 0 Å². The van der Waals surface area contributed by atoms with Gasteiger partial charge in [-0.15, -0.1) is 0 Å². The lowest BCUT2D eigenvalue weighted by molar-refractivity contribution is 1.29. The first-order valence-electron chi connectivity index (χ1n) is 4.85. The van der Waals surface area contributed by atoms with Crippen LogP contribution in [0.1, 0.15) is 30.5 Å². The molecule has 0 amide bonds. The van der Waals surface area contributed by atoms with Crippen LogP contribution in [0.25, 0.3) is 0 Å². The van der Waals surface area contributed by atoms with E-state index in [0.29, 0.717) is 0 Å². The number of rotatable bonds is 1. The van der Waals surface area contributed by atoms with Crippen LogP contribution in [-0.2, 0) is 0 Å². The maximum Gasteiger partial charge on any atom is 0.0788 e. The molecule has 0 spiro atoms. The Morgan fingerprint density at radius 3 is 2.00 bits per heavy atom. The molecule has 0 aliphatic heterocycles. The molecule has 0 aromatic heterocycles. The number of benzene rings is 1. The molecule has 0 aliphatic rings. The van der Waals surface area contributed by atoms with Gasteiger partial charge >= 0.3 is 0 Å². The van der Waals surface area contributed by atoms with Gasteiger partial charge in [-0.2, -0.15) is 0 Å². The van der Waals surface area contributed by atoms with Crippen LogP contribution in [0.15, 0.2) is 22.7 Å². The molecule has 1 heteroatoms. The maximum atomic E-state index is 4.36. The Bertz CT molecular complexity index is 380. The van der Waals surface area contributed by atoms with E-state index in [2.05, 4.69) is 43.8 Å². The molecule has 74 valence electrons. The van der Waals surface area contributed by atoms with Crippen LogP contribution in [0.5, 0.6) is 0 Å². The third-order valence-electron chi connectivity index (χ3n) is 2.03. The minimum Gasteiger partial charge on any atom is -0.206 e. The second kappa shape index (κ2) is 4.26. The predicted molar refractivity (Wildman–Crippen MR) is 62.6 cm³/mol. The standard InChI is InChI=1S/C13H17N/c1-9(2)8-14-13-11(4)6-10(3)7-12(13)5/h6-7H,1-5H3. The molecule has 0 saturated heterocycles. The Kier molecular flexibility index (Phi) is 3.27. The van der Waals surface area contributed by atoms with E-state index in [9.17, 15) is 0 Å². The molecular formula is C13H17N. The highest BCUT2D eigenvalue weighted by Gasteiger charge is 2.00. The molecule has 1 nitrogen and oxygen atoms in total. The van der Waals surface area contributed by atoms with Gasteiger partial charge in [0.2, 0.25) is 0 Å². The fraction of sp³-hybridized carbons (Fsp3) is 0.385. The summed E-state index contributed by atoms with van der Waals surface area (Å²) < 4.78 is 0. The summed E-state index contributed by atoms with van der Waals surface area (Å²) in [5, 5.41) is 0. The van der Waals surface area contributed by atoms with E-state index in [1.807, 2.05) is 13.8 Å². The van der Waals surface area contributed by atoms with Crippen LogP contribution in [0.3, 0.4) is 0 Å². The number of aliphatic imine (C=N–C) groups is 1. The van der Waals surface area contributed by atoms with Gasteiger partial charge in [0, 0.05) is 0 Å². The summed E-state index contributed by atoms with van der Waals surface area (Å²) in [5.74, 6) is 3.00. The van der Waals surface area contributed by atoms with E-state index in [1.54, 1.807) is 0 Å². The van der Waals surface area contributed by atoms with Crippen LogP contribution < -0.4 is 0 Å². The van der Waals surface area contributed by atoms with Crippen LogP contribution in [-0.4, -0.2) is 5.87 Å². The SMILES string of the molecule is CC(C)=C=Nc1c(C)cc(C)cc1C. The summed E-state index contributed by atoms with van der Waals surface area (Å²) in [7, 11) is 0. The molecule has 0 atom stereocenters. The lowest BCUT2D eigenvalue weighted by Crippen LogP contribution is -1.83. The molecular weight excluding hydrogens is 170 g/mol. The van der Waals surface area contributed by atoms with E-state index in [-0.39, 0.29) is 0 Å². The van der Waals surface area contributed by atoms with Gasteiger partial charge in [0.15, 0.2) is 0 Å². The monoisotopic (exact) mass is 187 g/mol. The predicted octanol–water partition coefficient (Wildman–Crippen LogP) is 3.88. The second-order valence-corrected chi connectivity index (χ2v) is 3.97. The third-order valence-corrected chi connectivity index (χ3v) is 2.03. The summed E-state index contributed by atoms with van der Waals surface area (Å²) in [4.78, 5) is 4.36. The average Bonchev–Trinajstić information content (AvgIpc) is 2.01. The van der Waals surface area contributed by atoms with Crippen molar-refractivity contribution in [1.82, 2.24) is 0 Å². The number of nitrogens with zero attached hydrogens (tertiary/aromatic N) is 1. The van der Waals surface area contributed by atoms with Crippen molar-refractivity contribution in [2.24, 2.45) is 4.99 Å². The van der Waals surface area contributed by atoms with Gasteiger partial charge in [-0.1, -0.05) is 17.7 Å². The zero-order chi connectivity index (χ0) is 10.7. The van der Waals surface area contributed by atoms with Gasteiger partial charge in [-0.05, 0) is 57.2 Å². The fourth-order valence-electron chi connectivity index (χ4n) is 1.52. The molecule has 1 aromatic rings. The molecule has 0 radical (unpaired) electrons. The number of hydrogen-bond acceptors (Lipinski definition) is 1. The first-order valence-corrected chi connectivity index (χ1v) is 4.85. The molecule has 0 fully saturated rings. The van der Waals surface area contributed by atoms with Crippen molar-refractivity contribution in [2.75, 3.05) is 0 Å². The Morgan fingerprint density at radius 1 is 1.07 bits per heavy atom. The maximum absolute atomic E-state index is 4.36.